The van der Waals surface area contributed by atoms with Gasteiger partial charge in [-0.1, -0.05) is 25.2 Å². The summed E-state index contributed by atoms with van der Waals surface area (Å²) in [5, 5.41) is 40.3. The zero-order chi connectivity index (χ0) is 30.9. The summed E-state index contributed by atoms with van der Waals surface area (Å²) in [7, 11) is 1.69. The SMILES string of the molecule is CN=C(N)N1C=CC(CNCCO)C2(C1)C1CCC(C)C23CC(O)(COC24C=CC5CNC(CCC2)C4C5)C(C(=O)O)=C3C1. The molecule has 10 unspecified atom stereocenters. The van der Waals surface area contributed by atoms with Crippen molar-refractivity contribution in [3.05, 3.63) is 35.6 Å². The molecule has 10 atom stereocenters. The van der Waals surface area contributed by atoms with Gasteiger partial charge in [0.2, 0.25) is 0 Å². The standard InChI is InChI=1S/C34H51N5O5/c1-21-5-6-23-15-26-28(29(41)42)31(43,20-44-32-9-3-4-27-25(32)14-22(7-10-32)16-38-27)18-33(21,26)34(23)19-39(30(35)36-2)12-8-24(34)17-37-11-13-40/h7-8,10,12,21-25,27,37-38,40,43H,3-6,9,11,13-20H2,1-2H3,(H2,35,36)(H,41,42). The maximum atomic E-state index is 13.3. The summed E-state index contributed by atoms with van der Waals surface area (Å²) in [6.45, 7) is 5.06. The molecule has 0 radical (unpaired) electrons. The van der Waals surface area contributed by atoms with Crippen molar-refractivity contribution in [2.75, 3.05) is 46.4 Å². The lowest BCUT2D eigenvalue weighted by Crippen LogP contribution is -2.63. The highest BCUT2D eigenvalue weighted by atomic mass is 16.5. The van der Waals surface area contributed by atoms with Gasteiger partial charge in [-0.3, -0.25) is 4.99 Å². The predicted octanol–water partition coefficient (Wildman–Crippen LogP) is 2.00. The van der Waals surface area contributed by atoms with Crippen LogP contribution < -0.4 is 16.4 Å². The van der Waals surface area contributed by atoms with Crippen LogP contribution in [0.1, 0.15) is 58.3 Å². The largest absolute Gasteiger partial charge is 0.478 e. The van der Waals surface area contributed by atoms with Crippen molar-refractivity contribution in [1.29, 1.82) is 0 Å². The van der Waals surface area contributed by atoms with Crippen molar-refractivity contribution < 1.29 is 24.9 Å². The second kappa shape index (κ2) is 10.9. The van der Waals surface area contributed by atoms with Crippen molar-refractivity contribution in [2.45, 2.75) is 75.5 Å². The Bertz CT molecular complexity index is 1300. The van der Waals surface area contributed by atoms with Gasteiger partial charge in [-0.05, 0) is 80.6 Å². The monoisotopic (exact) mass is 609 g/mol. The van der Waals surface area contributed by atoms with E-state index in [4.69, 9.17) is 10.5 Å². The average molecular weight is 610 g/mol. The number of nitrogens with one attached hydrogen (secondary N) is 2. The molecule has 10 heteroatoms. The van der Waals surface area contributed by atoms with Gasteiger partial charge in [0.15, 0.2) is 5.96 Å². The molecule has 7 rings (SSSR count). The normalized spacial score (nSPS) is 45.7. The Morgan fingerprint density at radius 1 is 1.30 bits per heavy atom. The molecule has 3 saturated carbocycles. The Balaban J connectivity index is 1.29. The molecule has 7 N–H and O–H groups in total. The van der Waals surface area contributed by atoms with E-state index in [1.54, 1.807) is 7.05 Å². The molecule has 4 fully saturated rings. The molecule has 2 aliphatic heterocycles. The third-order valence-corrected chi connectivity index (χ3v) is 13.3. The highest BCUT2D eigenvalue weighted by molar-refractivity contribution is 5.92. The van der Waals surface area contributed by atoms with E-state index in [0.29, 0.717) is 56.3 Å². The summed E-state index contributed by atoms with van der Waals surface area (Å²) in [5.41, 5.74) is 4.56. The van der Waals surface area contributed by atoms with Gasteiger partial charge in [-0.2, -0.15) is 0 Å². The molecule has 0 aromatic rings. The second-order valence-corrected chi connectivity index (χ2v) is 15.0. The molecule has 1 saturated heterocycles. The number of aliphatic hydroxyl groups is 2. The van der Waals surface area contributed by atoms with E-state index in [9.17, 15) is 20.1 Å². The van der Waals surface area contributed by atoms with Crippen LogP contribution in [0.25, 0.3) is 0 Å². The van der Waals surface area contributed by atoms with E-state index < -0.39 is 22.6 Å². The first kappa shape index (κ1) is 30.4. The third kappa shape index (κ3) is 4.16. The molecule has 7 aliphatic rings. The molecule has 242 valence electrons. The lowest BCUT2D eigenvalue weighted by atomic mass is 9.46. The molecular formula is C34H51N5O5. The van der Waals surface area contributed by atoms with Gasteiger partial charge in [0.25, 0.3) is 0 Å². The van der Waals surface area contributed by atoms with Crippen molar-refractivity contribution >= 4 is 11.9 Å². The topological polar surface area (TPSA) is 153 Å². The number of carboxylic acids is 1. The maximum absolute atomic E-state index is 13.3. The van der Waals surface area contributed by atoms with Crippen molar-refractivity contribution in [3.63, 3.8) is 0 Å². The van der Waals surface area contributed by atoms with E-state index in [1.807, 2.05) is 11.1 Å². The highest BCUT2D eigenvalue weighted by Gasteiger charge is 2.75. The molecule has 0 aromatic heterocycles. The fourth-order valence-corrected chi connectivity index (χ4v) is 11.5. The number of carbonyl (C=O) groups is 1. The van der Waals surface area contributed by atoms with Crippen LogP contribution in [-0.4, -0.2) is 95.8 Å². The number of piperidine rings is 1. The fourth-order valence-electron chi connectivity index (χ4n) is 11.5. The number of nitrogens with two attached hydrogens (primary N) is 1. The minimum absolute atomic E-state index is 0.0167. The van der Waals surface area contributed by atoms with Crippen LogP contribution in [0.5, 0.6) is 0 Å². The zero-order valence-electron chi connectivity index (χ0n) is 26.3. The zero-order valence-corrected chi connectivity index (χ0v) is 26.3. The minimum atomic E-state index is -1.60. The summed E-state index contributed by atoms with van der Waals surface area (Å²) in [6.07, 6.45) is 15.9. The van der Waals surface area contributed by atoms with Gasteiger partial charge in [-0.25, -0.2) is 4.79 Å². The molecule has 0 aromatic carbocycles. The molecule has 10 nitrogen and oxygen atoms in total. The number of rotatable bonds is 8. The van der Waals surface area contributed by atoms with E-state index in [0.717, 1.165) is 50.6 Å². The van der Waals surface area contributed by atoms with Crippen LogP contribution in [0.2, 0.25) is 0 Å². The van der Waals surface area contributed by atoms with Gasteiger partial charge in [0.1, 0.15) is 5.60 Å². The van der Waals surface area contributed by atoms with E-state index in [1.165, 1.54) is 0 Å². The number of guanidine groups is 1. The number of aliphatic hydroxyl groups excluding tert-OH is 1. The van der Waals surface area contributed by atoms with E-state index >= 15 is 0 Å². The number of aliphatic imine (C=N–C) groups is 1. The predicted molar refractivity (Wildman–Crippen MR) is 167 cm³/mol. The van der Waals surface area contributed by atoms with Crippen LogP contribution in [0.3, 0.4) is 0 Å². The van der Waals surface area contributed by atoms with Crippen LogP contribution in [0.4, 0.5) is 0 Å². The van der Waals surface area contributed by atoms with Gasteiger partial charge in [-0.15, -0.1) is 0 Å². The van der Waals surface area contributed by atoms with E-state index in [2.05, 4.69) is 40.8 Å². The molecular weight excluding hydrogens is 558 g/mol. The molecule has 5 aliphatic carbocycles. The van der Waals surface area contributed by atoms with Crippen molar-refractivity contribution in [1.82, 2.24) is 15.5 Å². The number of allylic oxidation sites excluding steroid dienone is 1. The molecule has 44 heavy (non-hydrogen) atoms. The van der Waals surface area contributed by atoms with Crippen LogP contribution >= 0.6 is 0 Å². The minimum Gasteiger partial charge on any atom is -0.478 e. The quantitative estimate of drug-likeness (QED) is 0.105. The number of carboxylic acid groups (broad SMARTS) is 1. The second-order valence-electron chi connectivity index (χ2n) is 15.0. The van der Waals surface area contributed by atoms with Gasteiger partial charge in [0, 0.05) is 62.2 Å². The number of ether oxygens (including phenoxy) is 1. The number of hydrogen-bond acceptors (Lipinski definition) is 7. The Kier molecular flexibility index (Phi) is 7.56. The number of nitrogens with zero attached hydrogens (tertiary/aromatic N) is 2. The summed E-state index contributed by atoms with van der Waals surface area (Å²) in [6, 6.07) is 0.402. The summed E-state index contributed by atoms with van der Waals surface area (Å²) in [4.78, 5) is 19.6. The maximum Gasteiger partial charge on any atom is 0.334 e. The molecule has 2 heterocycles. The van der Waals surface area contributed by atoms with Crippen molar-refractivity contribution in [2.24, 2.45) is 51.1 Å². The number of fused-ring (bicyclic) bond motifs is 1. The lowest BCUT2D eigenvalue weighted by molar-refractivity contribution is -0.163. The first-order chi connectivity index (χ1) is 21.1. The Labute approximate surface area is 260 Å². The highest BCUT2D eigenvalue weighted by Crippen LogP contribution is 2.77. The first-order valence-corrected chi connectivity index (χ1v) is 16.9. The van der Waals surface area contributed by atoms with Gasteiger partial charge >= 0.3 is 5.97 Å². The van der Waals surface area contributed by atoms with Crippen molar-refractivity contribution in [3.8, 4) is 0 Å². The third-order valence-electron chi connectivity index (χ3n) is 13.3. The fraction of sp³-hybridized carbons (Fsp3) is 0.765. The lowest BCUT2D eigenvalue weighted by Gasteiger charge is -2.61. The van der Waals surface area contributed by atoms with Gasteiger partial charge in [0.05, 0.1) is 24.4 Å². The van der Waals surface area contributed by atoms with Gasteiger partial charge < -0.3 is 41.3 Å². The Morgan fingerprint density at radius 3 is 2.91 bits per heavy atom. The van der Waals surface area contributed by atoms with Crippen LogP contribution in [-0.2, 0) is 9.53 Å². The smallest absolute Gasteiger partial charge is 0.334 e. The Morgan fingerprint density at radius 2 is 2.14 bits per heavy atom. The number of aliphatic carboxylic acids is 1. The summed E-state index contributed by atoms with van der Waals surface area (Å²) in [5.74, 6) is 0.743. The molecule has 0 amide bonds. The molecule has 2 spiro atoms. The molecule has 4 bridgehead atoms. The Hall–Kier alpha value is -2.24. The average Bonchev–Trinajstić information content (AvgIpc) is 3.37. The summed E-state index contributed by atoms with van der Waals surface area (Å²) < 4.78 is 6.91. The van der Waals surface area contributed by atoms with Crippen LogP contribution in [0, 0.1) is 40.4 Å². The van der Waals surface area contributed by atoms with Crippen LogP contribution in [0.15, 0.2) is 40.6 Å². The first-order valence-electron chi connectivity index (χ1n) is 16.9. The number of hydrogen-bond donors (Lipinski definition) is 6. The summed E-state index contributed by atoms with van der Waals surface area (Å²) >= 11 is 0. The van der Waals surface area contributed by atoms with E-state index in [-0.39, 0.29) is 42.0 Å².